The number of hydrogen-bond donors (Lipinski definition) is 1. The Labute approximate surface area is 112 Å². The smallest absolute Gasteiger partial charge is 0.406 e. The molecule has 6 heteroatoms. The Morgan fingerprint density at radius 3 is 2.15 bits per heavy atom. The van der Waals surface area contributed by atoms with Gasteiger partial charge in [-0.25, -0.2) is 4.39 Å². The van der Waals surface area contributed by atoms with Crippen LogP contribution in [-0.2, 0) is 0 Å². The van der Waals surface area contributed by atoms with Crippen molar-refractivity contribution in [3.05, 3.63) is 71.6 Å². The monoisotopic (exact) mass is 285 g/mol. The number of aliphatic hydroxyl groups excluding tert-OH is 1. The minimum absolute atomic E-state index is 0.231. The fraction of sp³-hybridized carbons (Fsp3) is 0.0714. The van der Waals surface area contributed by atoms with Crippen LogP contribution in [0.3, 0.4) is 0 Å². The van der Waals surface area contributed by atoms with Gasteiger partial charge in [0.1, 0.15) is 11.6 Å². The number of alkyl halides is 3. The highest BCUT2D eigenvalue weighted by molar-refractivity contribution is 5.43. The third-order valence-corrected chi connectivity index (χ3v) is 2.46. The molecule has 0 heterocycles. The van der Waals surface area contributed by atoms with Crippen LogP contribution in [0.2, 0.25) is 0 Å². The van der Waals surface area contributed by atoms with Gasteiger partial charge in [0, 0.05) is 0 Å². The maximum absolute atomic E-state index is 13.0. The standard InChI is InChI=1S/C14H9F4O2/c15-11-3-1-2-10(8-11)13(19)9-4-6-12(7-5-9)20-14(16,17)18/h1-8,19H. The fourth-order valence-corrected chi connectivity index (χ4v) is 1.62. The van der Waals surface area contributed by atoms with Gasteiger partial charge in [-0.3, -0.25) is 0 Å². The predicted molar refractivity (Wildman–Crippen MR) is 62.9 cm³/mol. The van der Waals surface area contributed by atoms with Gasteiger partial charge in [0.15, 0.2) is 6.10 Å². The van der Waals surface area contributed by atoms with Crippen molar-refractivity contribution in [3.8, 4) is 5.75 Å². The molecule has 0 atom stereocenters. The summed E-state index contributed by atoms with van der Waals surface area (Å²) in [6.45, 7) is 0. The van der Waals surface area contributed by atoms with E-state index in [1.807, 2.05) is 0 Å². The molecular formula is C14H9F4O2. The molecule has 20 heavy (non-hydrogen) atoms. The van der Waals surface area contributed by atoms with Gasteiger partial charge in [0.2, 0.25) is 0 Å². The lowest BCUT2D eigenvalue weighted by Gasteiger charge is -2.12. The number of aliphatic hydroxyl groups is 1. The summed E-state index contributed by atoms with van der Waals surface area (Å²) >= 11 is 0. The molecule has 0 unspecified atom stereocenters. The van der Waals surface area contributed by atoms with Gasteiger partial charge in [0.05, 0.1) is 0 Å². The molecule has 0 saturated carbocycles. The van der Waals surface area contributed by atoms with Crippen LogP contribution < -0.4 is 4.74 Å². The molecule has 1 N–H and O–H groups in total. The van der Waals surface area contributed by atoms with E-state index in [1.54, 1.807) is 0 Å². The van der Waals surface area contributed by atoms with Crippen LogP contribution in [0.1, 0.15) is 11.1 Å². The van der Waals surface area contributed by atoms with E-state index < -0.39 is 17.9 Å². The first-order valence-electron chi connectivity index (χ1n) is 5.53. The van der Waals surface area contributed by atoms with Crippen LogP contribution in [0.5, 0.6) is 5.75 Å². The molecule has 1 radical (unpaired) electrons. The van der Waals surface area contributed by atoms with Crippen molar-refractivity contribution in [2.75, 3.05) is 0 Å². The first-order chi connectivity index (χ1) is 9.35. The highest BCUT2D eigenvalue weighted by atomic mass is 19.4. The minimum atomic E-state index is -4.77. The van der Waals surface area contributed by atoms with Crippen molar-refractivity contribution < 1.29 is 27.4 Å². The Hall–Kier alpha value is -2.08. The number of halogens is 4. The zero-order chi connectivity index (χ0) is 14.8. The summed E-state index contributed by atoms with van der Waals surface area (Å²) in [5, 5.41) is 9.93. The van der Waals surface area contributed by atoms with Crippen molar-refractivity contribution in [2.24, 2.45) is 0 Å². The second-order valence-electron chi connectivity index (χ2n) is 3.93. The third kappa shape index (κ3) is 3.71. The quantitative estimate of drug-likeness (QED) is 0.863. The molecular weight excluding hydrogens is 276 g/mol. The zero-order valence-corrected chi connectivity index (χ0v) is 9.99. The minimum Gasteiger partial charge on any atom is -0.406 e. The predicted octanol–water partition coefficient (Wildman–Crippen LogP) is 4.03. The van der Waals surface area contributed by atoms with E-state index in [2.05, 4.69) is 4.74 Å². The zero-order valence-electron chi connectivity index (χ0n) is 9.99. The van der Waals surface area contributed by atoms with E-state index in [0.717, 1.165) is 18.2 Å². The maximum atomic E-state index is 13.0. The Balaban J connectivity index is 2.17. The summed E-state index contributed by atoms with van der Waals surface area (Å²) in [7, 11) is 0. The van der Waals surface area contributed by atoms with Crippen LogP contribution in [0.15, 0.2) is 48.5 Å². The van der Waals surface area contributed by atoms with Gasteiger partial charge in [-0.2, -0.15) is 0 Å². The molecule has 0 aliphatic carbocycles. The second-order valence-corrected chi connectivity index (χ2v) is 3.93. The molecule has 0 saturated heterocycles. The van der Waals surface area contributed by atoms with E-state index in [9.17, 15) is 22.7 Å². The van der Waals surface area contributed by atoms with Gasteiger partial charge in [0.25, 0.3) is 0 Å². The number of benzene rings is 2. The molecule has 0 fully saturated rings. The van der Waals surface area contributed by atoms with Gasteiger partial charge >= 0.3 is 6.36 Å². The van der Waals surface area contributed by atoms with Crippen molar-refractivity contribution >= 4 is 0 Å². The summed E-state index contributed by atoms with van der Waals surface area (Å²) in [6.07, 6.45) is -5.00. The molecule has 0 aromatic heterocycles. The maximum Gasteiger partial charge on any atom is 0.573 e. The third-order valence-electron chi connectivity index (χ3n) is 2.46. The van der Waals surface area contributed by atoms with Gasteiger partial charge in [-0.05, 0) is 35.4 Å². The largest absolute Gasteiger partial charge is 0.573 e. The van der Waals surface area contributed by atoms with Crippen LogP contribution in [0, 0.1) is 11.9 Å². The molecule has 2 rings (SSSR count). The molecule has 0 aliphatic rings. The molecule has 2 aromatic rings. The van der Waals surface area contributed by atoms with Crippen LogP contribution >= 0.6 is 0 Å². The average molecular weight is 285 g/mol. The Morgan fingerprint density at radius 2 is 1.60 bits per heavy atom. The van der Waals surface area contributed by atoms with Crippen LogP contribution in [-0.4, -0.2) is 11.5 Å². The van der Waals surface area contributed by atoms with Gasteiger partial charge in [-0.15, -0.1) is 13.2 Å². The molecule has 0 aliphatic heterocycles. The normalized spacial score (nSPS) is 11.7. The van der Waals surface area contributed by atoms with Crippen molar-refractivity contribution in [3.63, 3.8) is 0 Å². The first-order valence-corrected chi connectivity index (χ1v) is 5.53. The van der Waals surface area contributed by atoms with E-state index in [4.69, 9.17) is 0 Å². The van der Waals surface area contributed by atoms with E-state index in [1.165, 1.54) is 30.3 Å². The SMILES string of the molecule is O[C](c1ccc(OC(F)(F)F)cc1)c1cccc(F)c1. The molecule has 0 amide bonds. The number of ether oxygens (including phenoxy) is 1. The lowest BCUT2D eigenvalue weighted by atomic mass is 10.0. The van der Waals surface area contributed by atoms with Crippen molar-refractivity contribution in [1.82, 2.24) is 0 Å². The van der Waals surface area contributed by atoms with E-state index in [0.29, 0.717) is 0 Å². The first kappa shape index (κ1) is 14.3. The molecule has 105 valence electrons. The topological polar surface area (TPSA) is 29.5 Å². The Kier molecular flexibility index (Phi) is 3.94. The highest BCUT2D eigenvalue weighted by Crippen LogP contribution is 2.26. The van der Waals surface area contributed by atoms with E-state index >= 15 is 0 Å². The lowest BCUT2D eigenvalue weighted by molar-refractivity contribution is -0.274. The molecule has 0 spiro atoms. The summed E-state index contributed by atoms with van der Waals surface area (Å²) in [5.74, 6) is -0.917. The van der Waals surface area contributed by atoms with Crippen molar-refractivity contribution in [1.29, 1.82) is 0 Å². The summed E-state index contributed by atoms with van der Waals surface area (Å²) < 4.78 is 52.7. The fourth-order valence-electron chi connectivity index (χ4n) is 1.62. The van der Waals surface area contributed by atoms with Crippen molar-refractivity contribution in [2.45, 2.75) is 6.36 Å². The van der Waals surface area contributed by atoms with Gasteiger partial charge < -0.3 is 9.84 Å². The average Bonchev–Trinajstić information content (AvgIpc) is 2.37. The van der Waals surface area contributed by atoms with E-state index in [-0.39, 0.29) is 17.2 Å². The molecule has 2 aromatic carbocycles. The van der Waals surface area contributed by atoms with Crippen LogP contribution in [0.4, 0.5) is 17.6 Å². The second kappa shape index (κ2) is 5.50. The van der Waals surface area contributed by atoms with Gasteiger partial charge in [-0.1, -0.05) is 24.3 Å². The molecule has 0 bridgehead atoms. The lowest BCUT2D eigenvalue weighted by Crippen LogP contribution is -2.17. The van der Waals surface area contributed by atoms with Crippen LogP contribution in [0.25, 0.3) is 0 Å². The highest BCUT2D eigenvalue weighted by Gasteiger charge is 2.31. The summed E-state index contributed by atoms with van der Waals surface area (Å²) in [5.41, 5.74) is 0.486. The summed E-state index contributed by atoms with van der Waals surface area (Å²) in [6, 6.07) is 9.88. The Morgan fingerprint density at radius 1 is 0.950 bits per heavy atom. The number of hydrogen-bond acceptors (Lipinski definition) is 2. The Bertz CT molecular complexity index is 578. The molecule has 2 nitrogen and oxygen atoms in total. The number of rotatable bonds is 3. The summed E-state index contributed by atoms with van der Waals surface area (Å²) in [4.78, 5) is 0.